The number of aliphatic carboxylic acids is 1. The molecule has 6 N–H and O–H groups in total. The second kappa shape index (κ2) is 44.1. The normalized spacial score (nSPS) is 14.7. The van der Waals surface area contributed by atoms with E-state index in [-0.39, 0.29) is 40.9 Å². The van der Waals surface area contributed by atoms with E-state index in [0.29, 0.717) is 102 Å². The summed E-state index contributed by atoms with van der Waals surface area (Å²) in [6.07, 6.45) is 5.69. The van der Waals surface area contributed by atoms with E-state index in [9.17, 15) is 49.5 Å². The van der Waals surface area contributed by atoms with E-state index >= 15 is 0 Å². The van der Waals surface area contributed by atoms with Crippen molar-refractivity contribution >= 4 is 76.7 Å². The molecule has 29 heteroatoms. The lowest BCUT2D eigenvalue weighted by molar-refractivity contribution is -0.164. The Bertz CT molecular complexity index is 5970. The maximum atomic E-state index is 13.1. The summed E-state index contributed by atoms with van der Waals surface area (Å²) >= 11 is 0. The van der Waals surface area contributed by atoms with E-state index in [0.717, 1.165) is 66.8 Å². The van der Waals surface area contributed by atoms with Crippen molar-refractivity contribution in [3.8, 4) is 67.5 Å². The highest BCUT2D eigenvalue weighted by atomic mass is 32.2. The Morgan fingerprint density at radius 2 is 0.718 bits per heavy atom. The predicted molar refractivity (Wildman–Crippen MR) is 520 cm³/mol. The molecule has 0 radical (unpaired) electrons. The van der Waals surface area contributed by atoms with Gasteiger partial charge >= 0.3 is 23.9 Å². The van der Waals surface area contributed by atoms with E-state index in [2.05, 4.69) is 33.9 Å². The van der Waals surface area contributed by atoms with Crippen LogP contribution in [0.25, 0.3) is 44.5 Å². The van der Waals surface area contributed by atoms with E-state index in [1.807, 2.05) is 215 Å². The van der Waals surface area contributed by atoms with Crippen LogP contribution < -0.4 is 38.8 Å². The Morgan fingerprint density at radius 1 is 0.435 bits per heavy atom. The van der Waals surface area contributed by atoms with Crippen molar-refractivity contribution in [1.82, 2.24) is 0 Å². The molecule has 0 fully saturated rings. The van der Waals surface area contributed by atoms with Gasteiger partial charge in [-0.2, -0.15) is 0 Å². The van der Waals surface area contributed by atoms with Crippen molar-refractivity contribution in [1.29, 1.82) is 0 Å². The first-order valence-corrected chi connectivity index (χ1v) is 47.5. The topological polar surface area (TPSA) is 355 Å². The molecule has 0 spiro atoms. The number of rotatable bonds is 26. The van der Waals surface area contributed by atoms with Crippen LogP contribution >= 0.6 is 0 Å². The molecule has 0 bridgehead atoms. The molecular weight excluding hydrogens is 1730 g/mol. The van der Waals surface area contributed by atoms with Crippen LogP contribution in [0.1, 0.15) is 197 Å². The highest BCUT2D eigenvalue weighted by Gasteiger charge is 2.41. The minimum absolute atomic E-state index is 0.155. The summed E-state index contributed by atoms with van der Waals surface area (Å²) < 4.78 is 147. The number of ether oxygens (including phenoxy) is 11. The van der Waals surface area contributed by atoms with Crippen LogP contribution in [0.3, 0.4) is 0 Å². The smallest absolute Gasteiger partial charge is 0.339 e. The minimum Gasteiger partial charge on any atom is -0.487 e. The number of hydrogen-bond donors (Lipinski definition) is 5. The highest BCUT2D eigenvalue weighted by molar-refractivity contribution is 7.93. The summed E-state index contributed by atoms with van der Waals surface area (Å²) in [6, 6.07) is 31.5. The Labute approximate surface area is 774 Å². The van der Waals surface area contributed by atoms with Gasteiger partial charge in [-0.25, -0.2) is 44.4 Å². The number of carbonyl (C=O) groups is 4. The molecule has 4 atom stereocenters. The second-order valence-electron chi connectivity index (χ2n) is 35.9. The summed E-state index contributed by atoms with van der Waals surface area (Å²) in [5.74, 6) is -1.92. The number of fused-ring (bicyclic) bond motifs is 2. The standard InChI is InChI=1S/C28H37NO6S.C25H31NO6S.C25H33NO4.C24H29NO6S/c1-10-16-34-25-20(5)22(21-14-12-18(3)13-15-21)23(26(27(30)33-9)35-28(6,7)8)19(4)24(25)29-36(31,32)17-11-2;1-15-9-11-18(12-10-15)19-17(3)22-21(26-33(28,29)14-8-13-31-22)16(2)20(19)23(24(27)30-7)32-25(4,5)6;1-9-14-29-22-17(4)19(18-12-10-15(2)11-13-18)20(16(3)21(22)26)23(24(27)28-8)30-25(5,6)7;1-14-8-10-17(11-9-14)18-16(3)21-20(25-32(28,29)13-7-12-30-21)15(2)19(18)22(23(26)27)31-24(4,5)6/h10-15,26,29H,1-2,16-17H2,3-9H3;8-13,23,26H,14H2,1-7H3;9-13,23H,1,14,26H2,2-8H3;7-12,22,25H,13H2,1-6H3,(H,26,27)/b;13-8-;;12-7-/t26-;2*23-;22-/m0000/s1. The molecule has 26 nitrogen and oxygen atoms in total. The van der Waals surface area contributed by atoms with Crippen LogP contribution in [0, 0.1) is 83.1 Å². The lowest BCUT2D eigenvalue weighted by Crippen LogP contribution is -2.30. The summed E-state index contributed by atoms with van der Waals surface area (Å²) in [7, 11) is -7.16. The van der Waals surface area contributed by atoms with Crippen molar-refractivity contribution in [3.05, 3.63) is 249 Å². The number of nitrogens with one attached hydrogen (secondary N) is 3. The number of aryl methyl sites for hydroxylation is 4. The molecule has 0 unspecified atom stereocenters. The molecule has 8 aromatic carbocycles. The van der Waals surface area contributed by atoms with Crippen molar-refractivity contribution in [2.24, 2.45) is 0 Å². The molecule has 708 valence electrons. The lowest BCUT2D eigenvalue weighted by Gasteiger charge is -2.31. The molecule has 131 heavy (non-hydrogen) atoms. The number of sulfonamides is 3. The van der Waals surface area contributed by atoms with Gasteiger partial charge in [0.2, 0.25) is 30.1 Å². The fourth-order valence-corrected chi connectivity index (χ4v) is 17.8. The Balaban J connectivity index is 0.000000239. The van der Waals surface area contributed by atoms with Crippen LogP contribution in [0.2, 0.25) is 0 Å². The van der Waals surface area contributed by atoms with Crippen molar-refractivity contribution in [2.75, 3.05) is 71.7 Å². The molecule has 8 aromatic rings. The summed E-state index contributed by atoms with van der Waals surface area (Å²) in [6.45, 7) is 56.0. The first-order valence-electron chi connectivity index (χ1n) is 42.5. The average Bonchev–Trinajstić information content (AvgIpc) is 0.766. The Kier molecular flexibility index (Phi) is 35.8. The quantitative estimate of drug-likeness (QED) is 0.0145. The first kappa shape index (κ1) is 106. The SMILES string of the molecule is C=CCOc1c(C)c(-c2ccc(C)cc2)c([C@H](OC(C)(C)C)C(=O)OC)c(C)c1N.C=CCOc1c(C)c(-c2ccc(C)cc2)c([C@H](OC(C)(C)C)C(=O)OC)c(C)c1NS(=O)(=O)CC=C.COC(=O)[C@@H](OC(C)(C)C)c1c(C)c2c(c(C)c1-c1ccc(C)cc1)O/C=C\CS(=O)(=O)N2.Cc1ccc(-c2c(C)c3c(c(C)c2[C@H](OC(C)(C)C)C(=O)O)NS(=O)(=O)C/C=C\O3)cc1. The lowest BCUT2D eigenvalue weighted by atomic mass is 9.86. The molecule has 0 aliphatic carbocycles. The highest BCUT2D eigenvalue weighted by Crippen LogP contribution is 2.53. The molecule has 0 amide bonds. The number of benzene rings is 8. The Hall–Kier alpha value is -11.6. The van der Waals surface area contributed by atoms with Crippen LogP contribution in [0.5, 0.6) is 23.0 Å². The van der Waals surface area contributed by atoms with Gasteiger partial charge in [-0.1, -0.05) is 151 Å². The number of esters is 3. The van der Waals surface area contributed by atoms with Gasteiger partial charge in [-0.05, 0) is 245 Å². The Morgan fingerprint density at radius 3 is 1.02 bits per heavy atom. The van der Waals surface area contributed by atoms with Gasteiger partial charge in [0, 0.05) is 44.5 Å². The number of hydrogen-bond acceptors (Lipinski definition) is 22. The number of carbonyl (C=O) groups excluding carboxylic acids is 3. The number of anilines is 4. The fourth-order valence-electron chi connectivity index (χ4n) is 15.0. The van der Waals surface area contributed by atoms with Crippen LogP contribution in [-0.4, -0.2) is 128 Å². The molecule has 10 rings (SSSR count). The molecule has 2 aliphatic heterocycles. The number of carboxylic acid groups (broad SMARTS) is 1. The predicted octanol–water partition coefficient (Wildman–Crippen LogP) is 21.1. The monoisotopic (exact) mass is 1860 g/mol. The third-order valence-corrected chi connectivity index (χ3v) is 24.3. The average molecular weight is 1860 g/mol. The zero-order valence-electron chi connectivity index (χ0n) is 80.6. The third-order valence-electron chi connectivity index (χ3n) is 20.8. The van der Waals surface area contributed by atoms with Gasteiger partial charge in [0.1, 0.15) is 24.7 Å². The molecular formula is C102H130N4O22S3. The van der Waals surface area contributed by atoms with Crippen molar-refractivity contribution < 1.29 is 102 Å². The van der Waals surface area contributed by atoms with Crippen LogP contribution in [0.4, 0.5) is 22.7 Å². The summed E-state index contributed by atoms with van der Waals surface area (Å²) in [5.41, 5.74) is 22.8. The maximum Gasteiger partial charge on any atom is 0.339 e. The summed E-state index contributed by atoms with van der Waals surface area (Å²) in [4.78, 5) is 51.3. The van der Waals surface area contributed by atoms with E-state index < -0.39 is 101 Å². The third kappa shape index (κ3) is 27.5. The van der Waals surface area contributed by atoms with Gasteiger partial charge in [0.05, 0.1) is 96.3 Å². The molecule has 0 saturated carbocycles. The van der Waals surface area contributed by atoms with E-state index in [1.165, 1.54) is 52.1 Å². The first-order chi connectivity index (χ1) is 60.9. The van der Waals surface area contributed by atoms with Crippen LogP contribution in [-0.2, 0) is 82.4 Å². The van der Waals surface area contributed by atoms with E-state index in [1.54, 1.807) is 60.6 Å². The van der Waals surface area contributed by atoms with E-state index in [4.69, 9.17) is 57.8 Å². The van der Waals surface area contributed by atoms with Gasteiger partial charge in [0.25, 0.3) is 0 Å². The number of methoxy groups -OCH3 is 3. The van der Waals surface area contributed by atoms with Gasteiger partial charge in [-0.3, -0.25) is 14.2 Å². The molecule has 0 aromatic heterocycles. The maximum absolute atomic E-state index is 13.1. The number of carboxylic acids is 1. The summed E-state index contributed by atoms with van der Waals surface area (Å²) in [5, 5.41) is 10.1. The van der Waals surface area contributed by atoms with Crippen molar-refractivity contribution in [3.63, 3.8) is 0 Å². The largest absolute Gasteiger partial charge is 0.487 e. The molecule has 2 aliphatic rings. The second-order valence-corrected chi connectivity index (χ2v) is 41.2. The van der Waals surface area contributed by atoms with Crippen LogP contribution in [0.15, 0.2) is 160 Å². The zero-order chi connectivity index (χ0) is 98.3. The van der Waals surface area contributed by atoms with Crippen molar-refractivity contribution in [2.45, 2.75) is 213 Å². The number of nitrogens with two attached hydrogens (primary N) is 1. The number of nitrogen functional groups attached to an aromatic ring is 1. The van der Waals surface area contributed by atoms with Gasteiger partial charge < -0.3 is 62.9 Å². The van der Waals surface area contributed by atoms with Gasteiger partial charge in [-0.15, -0.1) is 6.58 Å². The zero-order valence-corrected chi connectivity index (χ0v) is 83.0. The van der Waals surface area contributed by atoms with Gasteiger partial charge in [0.15, 0.2) is 35.9 Å². The molecule has 2 heterocycles. The minimum atomic E-state index is -3.79. The molecule has 0 saturated heterocycles. The fraction of sp³-hybridized carbons (Fsp3) is 0.392.